The number of amides is 1. The fourth-order valence-corrected chi connectivity index (χ4v) is 4.41. The van der Waals surface area contributed by atoms with Crippen LogP contribution in [0.5, 0.6) is 0 Å². The molecular formula is C19H17Cl2N3O. The average Bonchev–Trinajstić information content (AvgIpc) is 3.23. The minimum Gasteiger partial charge on any atom is -0.369 e. The third-order valence-corrected chi connectivity index (χ3v) is 5.78. The smallest absolute Gasteiger partial charge is 0.252 e. The molecular weight excluding hydrogens is 357 g/mol. The molecule has 0 bridgehead atoms. The zero-order valence-electron chi connectivity index (χ0n) is 13.7. The van der Waals surface area contributed by atoms with Crippen molar-refractivity contribution in [2.45, 2.75) is 18.3 Å². The second-order valence-electron chi connectivity index (χ2n) is 6.50. The molecule has 6 heteroatoms. The van der Waals surface area contributed by atoms with Crippen LogP contribution in [-0.2, 0) is 5.41 Å². The number of pyridine rings is 1. The van der Waals surface area contributed by atoms with Gasteiger partial charge >= 0.3 is 0 Å². The van der Waals surface area contributed by atoms with Gasteiger partial charge in [-0.15, -0.1) is 0 Å². The topological polar surface area (TPSA) is 54.0 Å². The predicted molar refractivity (Wildman–Crippen MR) is 102 cm³/mol. The van der Waals surface area contributed by atoms with Crippen LogP contribution >= 0.6 is 23.2 Å². The first-order chi connectivity index (χ1) is 12.1. The SMILES string of the molecule is CNC(=O)c1ccc(-c2cnc3c(c2Cl)C2(CC=CC2)CN3)cc1Cl. The van der Waals surface area contributed by atoms with Gasteiger partial charge in [0.2, 0.25) is 0 Å². The standard InChI is InChI=1S/C19H17Cl2N3O/c1-22-18(25)12-5-4-11(8-14(12)20)13-9-23-17-15(16(13)21)19(10-24-17)6-2-3-7-19/h2-5,8-9H,6-7,10H2,1H3,(H,22,25)(H,23,24). The highest BCUT2D eigenvalue weighted by Gasteiger charge is 2.42. The molecule has 0 saturated carbocycles. The number of allylic oxidation sites excluding steroid dienone is 2. The van der Waals surface area contributed by atoms with Gasteiger partial charge in [0.25, 0.3) is 5.91 Å². The summed E-state index contributed by atoms with van der Waals surface area (Å²) in [6.07, 6.45) is 8.10. The Hall–Kier alpha value is -2.04. The van der Waals surface area contributed by atoms with E-state index in [9.17, 15) is 4.79 Å². The number of rotatable bonds is 2. The van der Waals surface area contributed by atoms with Gasteiger partial charge in [-0.05, 0) is 30.5 Å². The first kappa shape index (κ1) is 16.4. The number of anilines is 1. The van der Waals surface area contributed by atoms with Gasteiger partial charge in [0, 0.05) is 36.3 Å². The molecule has 1 aromatic carbocycles. The molecule has 1 aliphatic heterocycles. The van der Waals surface area contributed by atoms with E-state index >= 15 is 0 Å². The lowest BCUT2D eigenvalue weighted by atomic mass is 9.80. The van der Waals surface area contributed by atoms with Crippen LogP contribution in [-0.4, -0.2) is 24.5 Å². The van der Waals surface area contributed by atoms with E-state index in [0.29, 0.717) is 15.6 Å². The summed E-state index contributed by atoms with van der Waals surface area (Å²) in [5.41, 5.74) is 3.22. The molecule has 4 rings (SSSR count). The fraction of sp³-hybridized carbons (Fsp3) is 0.263. The van der Waals surface area contributed by atoms with Gasteiger partial charge in [0.15, 0.2) is 0 Å². The van der Waals surface area contributed by atoms with E-state index in [-0.39, 0.29) is 11.3 Å². The van der Waals surface area contributed by atoms with Crippen LogP contribution in [0.3, 0.4) is 0 Å². The lowest BCUT2D eigenvalue weighted by Gasteiger charge is -2.24. The molecule has 2 heterocycles. The molecule has 2 N–H and O–H groups in total. The summed E-state index contributed by atoms with van der Waals surface area (Å²) >= 11 is 13.1. The Kier molecular flexibility index (Phi) is 3.97. The van der Waals surface area contributed by atoms with Crippen molar-refractivity contribution >= 4 is 34.9 Å². The summed E-state index contributed by atoms with van der Waals surface area (Å²) in [4.78, 5) is 16.4. The van der Waals surface area contributed by atoms with Crippen molar-refractivity contribution in [3.8, 4) is 11.1 Å². The molecule has 128 valence electrons. The number of halogens is 2. The number of benzene rings is 1. The van der Waals surface area contributed by atoms with Crippen LogP contribution in [0, 0.1) is 0 Å². The van der Waals surface area contributed by atoms with Crippen LogP contribution in [0.15, 0.2) is 36.5 Å². The maximum atomic E-state index is 11.8. The molecule has 0 fully saturated rings. The maximum absolute atomic E-state index is 11.8. The van der Waals surface area contributed by atoms with Crippen LogP contribution < -0.4 is 10.6 Å². The van der Waals surface area contributed by atoms with Gasteiger partial charge in [0.05, 0.1) is 15.6 Å². The highest BCUT2D eigenvalue weighted by Crippen LogP contribution is 2.50. The Morgan fingerprint density at radius 3 is 2.72 bits per heavy atom. The summed E-state index contributed by atoms with van der Waals surface area (Å²) in [7, 11) is 1.58. The summed E-state index contributed by atoms with van der Waals surface area (Å²) in [6.45, 7) is 0.849. The quantitative estimate of drug-likeness (QED) is 0.765. The third kappa shape index (κ3) is 2.52. The first-order valence-corrected chi connectivity index (χ1v) is 8.91. The minimum atomic E-state index is -0.213. The van der Waals surface area contributed by atoms with E-state index in [1.807, 2.05) is 6.07 Å². The maximum Gasteiger partial charge on any atom is 0.252 e. The molecule has 1 aromatic heterocycles. The molecule has 2 aliphatic rings. The van der Waals surface area contributed by atoms with E-state index in [2.05, 4.69) is 27.8 Å². The lowest BCUT2D eigenvalue weighted by molar-refractivity contribution is 0.0963. The highest BCUT2D eigenvalue weighted by atomic mass is 35.5. The summed E-state index contributed by atoms with van der Waals surface area (Å²) < 4.78 is 0. The highest BCUT2D eigenvalue weighted by molar-refractivity contribution is 6.36. The van der Waals surface area contributed by atoms with E-state index in [4.69, 9.17) is 23.2 Å². The van der Waals surface area contributed by atoms with Gasteiger partial charge in [-0.1, -0.05) is 41.4 Å². The summed E-state index contributed by atoms with van der Waals surface area (Å²) in [6, 6.07) is 5.34. The van der Waals surface area contributed by atoms with Crippen molar-refractivity contribution in [1.29, 1.82) is 0 Å². The second kappa shape index (κ2) is 6.04. The Morgan fingerprint density at radius 2 is 2.04 bits per heavy atom. The summed E-state index contributed by atoms with van der Waals surface area (Å²) in [5.74, 6) is 0.653. The lowest BCUT2D eigenvalue weighted by Crippen LogP contribution is -2.25. The molecule has 4 nitrogen and oxygen atoms in total. The largest absolute Gasteiger partial charge is 0.369 e. The molecule has 0 atom stereocenters. The molecule has 1 amide bonds. The van der Waals surface area contributed by atoms with Crippen molar-refractivity contribution in [2.75, 3.05) is 18.9 Å². The number of carbonyl (C=O) groups excluding carboxylic acids is 1. The Balaban J connectivity index is 1.80. The zero-order chi connectivity index (χ0) is 17.6. The van der Waals surface area contributed by atoms with Gasteiger partial charge < -0.3 is 10.6 Å². The molecule has 0 saturated heterocycles. The number of nitrogens with one attached hydrogen (secondary N) is 2. The van der Waals surface area contributed by atoms with Crippen molar-refractivity contribution in [2.24, 2.45) is 0 Å². The van der Waals surface area contributed by atoms with Crippen LogP contribution in [0.25, 0.3) is 11.1 Å². The van der Waals surface area contributed by atoms with E-state index in [0.717, 1.165) is 41.9 Å². The summed E-state index contributed by atoms with van der Waals surface area (Å²) in [5, 5.41) is 7.07. The van der Waals surface area contributed by atoms with E-state index < -0.39 is 0 Å². The van der Waals surface area contributed by atoms with Crippen molar-refractivity contribution in [3.63, 3.8) is 0 Å². The monoisotopic (exact) mass is 373 g/mol. The zero-order valence-corrected chi connectivity index (χ0v) is 15.2. The molecule has 1 aliphatic carbocycles. The number of nitrogens with zero attached hydrogens (tertiary/aromatic N) is 1. The second-order valence-corrected chi connectivity index (χ2v) is 7.28. The Morgan fingerprint density at radius 1 is 1.28 bits per heavy atom. The van der Waals surface area contributed by atoms with Gasteiger partial charge in [-0.3, -0.25) is 4.79 Å². The molecule has 0 radical (unpaired) electrons. The Bertz CT molecular complexity index is 900. The molecule has 25 heavy (non-hydrogen) atoms. The van der Waals surface area contributed by atoms with Crippen molar-refractivity contribution in [1.82, 2.24) is 10.3 Å². The molecule has 1 spiro atoms. The minimum absolute atomic E-state index is 0.00125. The predicted octanol–water partition coefficient (Wildman–Crippen LogP) is 4.43. The molecule has 2 aromatic rings. The van der Waals surface area contributed by atoms with Gasteiger partial charge in [0.1, 0.15) is 5.82 Å². The van der Waals surface area contributed by atoms with E-state index in [1.54, 1.807) is 25.4 Å². The number of aromatic nitrogens is 1. The van der Waals surface area contributed by atoms with E-state index in [1.165, 1.54) is 0 Å². The third-order valence-electron chi connectivity index (χ3n) is 5.08. The number of hydrogen-bond donors (Lipinski definition) is 2. The van der Waals surface area contributed by atoms with Crippen LogP contribution in [0.2, 0.25) is 10.0 Å². The first-order valence-electron chi connectivity index (χ1n) is 8.15. The fourth-order valence-electron chi connectivity index (χ4n) is 3.70. The number of hydrogen-bond acceptors (Lipinski definition) is 3. The van der Waals surface area contributed by atoms with Crippen molar-refractivity contribution in [3.05, 3.63) is 57.7 Å². The normalized spacial score (nSPS) is 16.8. The van der Waals surface area contributed by atoms with Crippen LogP contribution in [0.4, 0.5) is 5.82 Å². The van der Waals surface area contributed by atoms with Gasteiger partial charge in [-0.25, -0.2) is 4.98 Å². The van der Waals surface area contributed by atoms with Gasteiger partial charge in [-0.2, -0.15) is 0 Å². The Labute approximate surface area is 156 Å². The number of carbonyl (C=O) groups is 1. The van der Waals surface area contributed by atoms with Crippen molar-refractivity contribution < 1.29 is 4.79 Å². The van der Waals surface area contributed by atoms with Crippen LogP contribution in [0.1, 0.15) is 28.8 Å². The average molecular weight is 374 g/mol. The number of fused-ring (bicyclic) bond motifs is 2. The molecule has 0 unspecified atom stereocenters.